The highest BCUT2D eigenvalue weighted by atomic mass is 16.5. The van der Waals surface area contributed by atoms with E-state index in [1.807, 2.05) is 17.0 Å². The highest BCUT2D eigenvalue weighted by Crippen LogP contribution is 2.41. The number of nitrogens with zero attached hydrogens (tertiary/aromatic N) is 1. The van der Waals surface area contributed by atoms with Crippen LogP contribution in [0.2, 0.25) is 0 Å². The summed E-state index contributed by atoms with van der Waals surface area (Å²) in [5, 5.41) is 0. The first-order valence-electron chi connectivity index (χ1n) is 8.16. The summed E-state index contributed by atoms with van der Waals surface area (Å²) in [7, 11) is 0. The summed E-state index contributed by atoms with van der Waals surface area (Å²) in [5.41, 5.74) is 0.955. The molecule has 1 aromatic rings. The van der Waals surface area contributed by atoms with Gasteiger partial charge in [-0.3, -0.25) is 4.79 Å². The number of para-hydroxylation sites is 1. The van der Waals surface area contributed by atoms with Crippen LogP contribution in [-0.2, 0) is 11.2 Å². The van der Waals surface area contributed by atoms with Crippen LogP contribution in [0.5, 0.6) is 11.5 Å². The molecule has 0 unspecified atom stereocenters. The maximum Gasteiger partial charge on any atom is 0.260 e. The fraction of sp³-hybridized carbons (Fsp3) is 0.611. The summed E-state index contributed by atoms with van der Waals surface area (Å²) >= 11 is 0. The Bertz CT molecular complexity index is 559. The minimum absolute atomic E-state index is 0.0711. The van der Waals surface area contributed by atoms with Crippen LogP contribution in [0.15, 0.2) is 18.2 Å². The number of rotatable bonds is 3. The third-order valence-corrected chi connectivity index (χ3v) is 4.54. The fourth-order valence-electron chi connectivity index (χ4n) is 3.19. The van der Waals surface area contributed by atoms with Gasteiger partial charge in [-0.25, -0.2) is 0 Å². The predicted molar refractivity (Wildman–Crippen MR) is 85.3 cm³/mol. The highest BCUT2D eigenvalue weighted by molar-refractivity contribution is 5.78. The van der Waals surface area contributed by atoms with E-state index in [1.165, 1.54) is 0 Å². The number of benzene rings is 1. The van der Waals surface area contributed by atoms with E-state index in [2.05, 4.69) is 26.8 Å². The third kappa shape index (κ3) is 3.21. The third-order valence-electron chi connectivity index (χ3n) is 4.54. The van der Waals surface area contributed by atoms with Crippen molar-refractivity contribution < 1.29 is 14.3 Å². The first kappa shape index (κ1) is 15.2. The Balaban J connectivity index is 1.61. The van der Waals surface area contributed by atoms with E-state index in [0.717, 1.165) is 49.6 Å². The van der Waals surface area contributed by atoms with Crippen LogP contribution < -0.4 is 9.47 Å². The average Bonchev–Trinajstić information content (AvgIpc) is 2.80. The molecule has 4 heteroatoms. The number of hydrogen-bond donors (Lipinski definition) is 0. The molecular formula is C18H25NO3. The molecular weight excluding hydrogens is 278 g/mol. The van der Waals surface area contributed by atoms with Crippen LogP contribution in [-0.4, -0.2) is 36.1 Å². The van der Waals surface area contributed by atoms with E-state index in [4.69, 9.17) is 9.47 Å². The number of amides is 1. The molecule has 0 bridgehead atoms. The summed E-state index contributed by atoms with van der Waals surface area (Å²) in [6.07, 6.45) is 3.05. The van der Waals surface area contributed by atoms with Gasteiger partial charge in [-0.05, 0) is 38.7 Å². The molecule has 2 aliphatic rings. The lowest BCUT2D eigenvalue weighted by molar-refractivity contribution is -0.134. The molecule has 3 rings (SSSR count). The van der Waals surface area contributed by atoms with Gasteiger partial charge in [-0.15, -0.1) is 0 Å². The molecule has 1 fully saturated rings. The Labute approximate surface area is 132 Å². The van der Waals surface area contributed by atoms with Gasteiger partial charge in [0.15, 0.2) is 18.1 Å². The molecule has 0 spiro atoms. The summed E-state index contributed by atoms with van der Waals surface area (Å²) in [6.45, 7) is 8.16. The molecule has 0 aromatic heterocycles. The van der Waals surface area contributed by atoms with Crippen molar-refractivity contribution in [3.63, 3.8) is 0 Å². The Hall–Kier alpha value is -1.71. The first-order valence-corrected chi connectivity index (χ1v) is 8.16. The first-order chi connectivity index (χ1) is 10.4. The van der Waals surface area contributed by atoms with Crippen molar-refractivity contribution in [3.8, 4) is 11.5 Å². The molecule has 120 valence electrons. The quantitative estimate of drug-likeness (QED) is 0.861. The number of fused-ring (bicyclic) bond motifs is 1. The standard InChI is InChI=1S/C18H25NO3/c1-13-7-9-19(10-8-13)16(20)12-21-15-6-4-5-14-11-18(2,3)22-17(14)15/h4-6,13H,7-12H2,1-3H3. The van der Waals surface area contributed by atoms with Crippen molar-refractivity contribution in [1.29, 1.82) is 0 Å². The van der Waals surface area contributed by atoms with Crippen molar-refractivity contribution >= 4 is 5.91 Å². The summed E-state index contributed by atoms with van der Waals surface area (Å²) in [6, 6.07) is 5.91. The van der Waals surface area contributed by atoms with Gasteiger partial charge in [0.05, 0.1) is 0 Å². The van der Waals surface area contributed by atoms with Crippen LogP contribution in [0.3, 0.4) is 0 Å². The molecule has 22 heavy (non-hydrogen) atoms. The molecule has 0 aliphatic carbocycles. The van der Waals surface area contributed by atoms with E-state index < -0.39 is 0 Å². The predicted octanol–water partition coefficient (Wildman–Crippen LogP) is 3.04. The number of carbonyl (C=O) groups excluding carboxylic acids is 1. The zero-order valence-electron chi connectivity index (χ0n) is 13.7. The smallest absolute Gasteiger partial charge is 0.260 e. The number of piperidine rings is 1. The SMILES string of the molecule is CC1CCN(C(=O)COc2cccc3c2OC(C)(C)C3)CC1. The van der Waals surface area contributed by atoms with Crippen molar-refractivity contribution in [2.24, 2.45) is 5.92 Å². The minimum Gasteiger partial charge on any atom is -0.483 e. The van der Waals surface area contributed by atoms with Gasteiger partial charge in [0.1, 0.15) is 5.60 Å². The van der Waals surface area contributed by atoms with E-state index in [9.17, 15) is 4.79 Å². The maximum absolute atomic E-state index is 12.3. The van der Waals surface area contributed by atoms with Crippen molar-refractivity contribution in [1.82, 2.24) is 4.90 Å². The fourth-order valence-corrected chi connectivity index (χ4v) is 3.19. The second kappa shape index (κ2) is 5.82. The van der Waals surface area contributed by atoms with Gasteiger partial charge in [-0.2, -0.15) is 0 Å². The molecule has 4 nitrogen and oxygen atoms in total. The van der Waals surface area contributed by atoms with Gasteiger partial charge in [0.2, 0.25) is 0 Å². The largest absolute Gasteiger partial charge is 0.483 e. The van der Waals surface area contributed by atoms with Crippen LogP contribution in [0.4, 0.5) is 0 Å². The lowest BCUT2D eigenvalue weighted by Crippen LogP contribution is -2.40. The number of likely N-dealkylation sites (tertiary alicyclic amines) is 1. The zero-order valence-corrected chi connectivity index (χ0v) is 13.7. The Morgan fingerprint density at radius 2 is 2.09 bits per heavy atom. The van der Waals surface area contributed by atoms with Crippen molar-refractivity contribution in [2.45, 2.75) is 45.6 Å². The summed E-state index contributed by atoms with van der Waals surface area (Å²) in [4.78, 5) is 14.2. The Kier molecular flexibility index (Phi) is 4.02. The molecule has 0 N–H and O–H groups in total. The molecule has 1 saturated heterocycles. The van der Waals surface area contributed by atoms with E-state index in [1.54, 1.807) is 0 Å². The van der Waals surface area contributed by atoms with Gasteiger partial charge in [0.25, 0.3) is 5.91 Å². The van der Waals surface area contributed by atoms with Crippen molar-refractivity contribution in [2.75, 3.05) is 19.7 Å². The van der Waals surface area contributed by atoms with Gasteiger partial charge >= 0.3 is 0 Å². The molecule has 0 radical (unpaired) electrons. The zero-order chi connectivity index (χ0) is 15.7. The monoisotopic (exact) mass is 303 g/mol. The summed E-state index contributed by atoms with van der Waals surface area (Å²) in [5.74, 6) is 2.27. The van der Waals surface area contributed by atoms with Crippen LogP contribution >= 0.6 is 0 Å². The van der Waals surface area contributed by atoms with Gasteiger partial charge < -0.3 is 14.4 Å². The number of ether oxygens (including phenoxy) is 2. The summed E-state index contributed by atoms with van der Waals surface area (Å²) < 4.78 is 11.7. The molecule has 2 heterocycles. The Morgan fingerprint density at radius 3 is 2.82 bits per heavy atom. The minimum atomic E-state index is -0.200. The van der Waals surface area contributed by atoms with Gasteiger partial charge in [0, 0.05) is 25.1 Å². The second-order valence-corrected chi connectivity index (χ2v) is 7.13. The lowest BCUT2D eigenvalue weighted by atomic mass is 9.99. The molecule has 0 atom stereocenters. The number of carbonyl (C=O) groups is 1. The highest BCUT2D eigenvalue weighted by Gasteiger charge is 2.32. The molecule has 2 aliphatic heterocycles. The number of hydrogen-bond acceptors (Lipinski definition) is 3. The van der Waals surface area contributed by atoms with Gasteiger partial charge in [-0.1, -0.05) is 19.1 Å². The van der Waals surface area contributed by atoms with E-state index >= 15 is 0 Å². The van der Waals surface area contributed by atoms with Crippen LogP contribution in [0, 0.1) is 5.92 Å². The average molecular weight is 303 g/mol. The second-order valence-electron chi connectivity index (χ2n) is 7.13. The lowest BCUT2D eigenvalue weighted by Gasteiger charge is -2.30. The van der Waals surface area contributed by atoms with Crippen LogP contribution in [0.1, 0.15) is 39.2 Å². The van der Waals surface area contributed by atoms with Crippen molar-refractivity contribution in [3.05, 3.63) is 23.8 Å². The van der Waals surface area contributed by atoms with E-state index in [-0.39, 0.29) is 18.1 Å². The van der Waals surface area contributed by atoms with E-state index in [0.29, 0.717) is 5.75 Å². The van der Waals surface area contributed by atoms with Crippen LogP contribution in [0.25, 0.3) is 0 Å². The molecule has 1 amide bonds. The topological polar surface area (TPSA) is 38.8 Å². The maximum atomic E-state index is 12.3. The molecule has 0 saturated carbocycles. The molecule has 1 aromatic carbocycles. The normalized spacial score (nSPS) is 20.4. The Morgan fingerprint density at radius 1 is 1.36 bits per heavy atom.